The van der Waals surface area contributed by atoms with Gasteiger partial charge < -0.3 is 51.9 Å². The number of nitrogen functional groups attached to an aromatic ring is 1. The second-order valence-corrected chi connectivity index (χ2v) is 7.41. The molecule has 2 atom stereocenters. The van der Waals surface area contributed by atoms with E-state index in [4.69, 9.17) is 5.73 Å². The number of benzene rings is 1. The van der Waals surface area contributed by atoms with Gasteiger partial charge in [-0.05, 0) is 37.1 Å². The molecular formula is C20H23CaN7O8. The molecule has 8 N–H and O–H groups in total. The molecule has 1 aromatic heterocycles. The first-order chi connectivity index (χ1) is 16.2. The molecule has 15 nitrogen and oxygen atoms in total. The van der Waals surface area contributed by atoms with Gasteiger partial charge in [0, 0.05) is 30.3 Å². The molecule has 2 amide bonds. The summed E-state index contributed by atoms with van der Waals surface area (Å²) in [6.07, 6.45) is -0.386. The number of nitrogens with one attached hydrogen (secondary N) is 4. The number of aliphatic carboxylic acids is 2. The van der Waals surface area contributed by atoms with Gasteiger partial charge in [-0.25, -0.2) is 0 Å². The Morgan fingerprint density at radius 1 is 1.25 bits per heavy atom. The molecule has 3 rings (SSSR count). The number of hydrogen-bond donors (Lipinski definition) is 5. The summed E-state index contributed by atoms with van der Waals surface area (Å²) in [5.41, 5.74) is 5.75. The molecule has 1 aliphatic heterocycles. The Hall–Kier alpha value is -3.40. The van der Waals surface area contributed by atoms with Crippen molar-refractivity contribution >= 4 is 85.1 Å². The van der Waals surface area contributed by atoms with Crippen LogP contribution in [0.1, 0.15) is 23.2 Å². The van der Waals surface area contributed by atoms with Crippen LogP contribution in [0.15, 0.2) is 29.1 Å². The SMILES string of the molecule is Nc1nc2c(c(=O)[nH]1)N(C=O)[C@@H](CNc1ccc(C(=O)N[C@@H](CCC(=O)[O-])C(=O)[O-])cc1)CN2.O.[Ca+2]. The number of aromatic nitrogens is 2. The normalized spacial score (nSPS) is 14.6. The molecule has 2 aromatic rings. The van der Waals surface area contributed by atoms with E-state index in [9.17, 15) is 34.2 Å². The number of nitrogens with two attached hydrogens (primary N) is 1. The van der Waals surface area contributed by atoms with Crippen molar-refractivity contribution in [2.24, 2.45) is 0 Å². The summed E-state index contributed by atoms with van der Waals surface area (Å²) in [5, 5.41) is 29.9. The number of aromatic amines is 1. The number of carbonyl (C=O) groups excluding carboxylic acids is 4. The molecule has 36 heavy (non-hydrogen) atoms. The summed E-state index contributed by atoms with van der Waals surface area (Å²) in [5.74, 6) is -3.63. The van der Waals surface area contributed by atoms with Gasteiger partial charge in [0.25, 0.3) is 11.5 Å². The molecule has 0 unspecified atom stereocenters. The van der Waals surface area contributed by atoms with E-state index in [1.807, 2.05) is 0 Å². The third-order valence-electron chi connectivity index (χ3n) is 5.10. The van der Waals surface area contributed by atoms with Gasteiger partial charge in [-0.3, -0.25) is 19.4 Å². The Morgan fingerprint density at radius 2 is 1.92 bits per heavy atom. The minimum atomic E-state index is -1.60. The van der Waals surface area contributed by atoms with Gasteiger partial charge in [-0.15, -0.1) is 0 Å². The zero-order chi connectivity index (χ0) is 24.8. The summed E-state index contributed by atoms with van der Waals surface area (Å²) in [7, 11) is 0. The van der Waals surface area contributed by atoms with Crippen molar-refractivity contribution in [3.05, 3.63) is 40.2 Å². The second-order valence-electron chi connectivity index (χ2n) is 7.41. The largest absolute Gasteiger partial charge is 2.00 e. The van der Waals surface area contributed by atoms with Crippen LogP contribution >= 0.6 is 0 Å². The number of carboxylic acids is 2. The third-order valence-corrected chi connectivity index (χ3v) is 5.10. The zero-order valence-electron chi connectivity index (χ0n) is 18.9. The van der Waals surface area contributed by atoms with Crippen LogP contribution in [-0.4, -0.2) is 103 Å². The van der Waals surface area contributed by atoms with E-state index < -0.39 is 41.9 Å². The van der Waals surface area contributed by atoms with Crippen molar-refractivity contribution in [2.45, 2.75) is 24.9 Å². The molecule has 0 bridgehead atoms. The van der Waals surface area contributed by atoms with Crippen LogP contribution in [0.4, 0.5) is 23.1 Å². The van der Waals surface area contributed by atoms with Crippen molar-refractivity contribution in [3.63, 3.8) is 0 Å². The second kappa shape index (κ2) is 13.6. The molecule has 0 saturated heterocycles. The van der Waals surface area contributed by atoms with Crippen LogP contribution in [-0.2, 0) is 14.4 Å². The van der Waals surface area contributed by atoms with Crippen molar-refractivity contribution in [1.29, 1.82) is 0 Å². The van der Waals surface area contributed by atoms with Crippen LogP contribution in [0, 0.1) is 0 Å². The van der Waals surface area contributed by atoms with Gasteiger partial charge >= 0.3 is 37.7 Å². The molecular weight excluding hydrogens is 506 g/mol. The van der Waals surface area contributed by atoms with Gasteiger partial charge in [0.2, 0.25) is 12.4 Å². The van der Waals surface area contributed by atoms with E-state index in [2.05, 4.69) is 25.9 Å². The molecule has 2 heterocycles. The van der Waals surface area contributed by atoms with Crippen LogP contribution in [0.25, 0.3) is 0 Å². The molecule has 0 aliphatic carbocycles. The molecule has 1 aromatic carbocycles. The Morgan fingerprint density at radius 3 is 2.50 bits per heavy atom. The van der Waals surface area contributed by atoms with Crippen LogP contribution in [0.3, 0.4) is 0 Å². The van der Waals surface area contributed by atoms with Crippen molar-refractivity contribution in [1.82, 2.24) is 15.3 Å². The average Bonchev–Trinajstić information content (AvgIpc) is 2.79. The van der Waals surface area contributed by atoms with Crippen molar-refractivity contribution in [2.75, 3.05) is 34.4 Å². The number of amides is 2. The van der Waals surface area contributed by atoms with Crippen LogP contribution < -0.4 is 42.4 Å². The van der Waals surface area contributed by atoms with Gasteiger partial charge in [0.05, 0.1) is 18.1 Å². The van der Waals surface area contributed by atoms with E-state index in [1.54, 1.807) is 12.1 Å². The number of carbonyl (C=O) groups is 4. The maximum Gasteiger partial charge on any atom is 2.00 e. The molecule has 0 saturated carbocycles. The average molecular weight is 530 g/mol. The fourth-order valence-corrected chi connectivity index (χ4v) is 3.38. The first-order valence-electron chi connectivity index (χ1n) is 10.1. The van der Waals surface area contributed by atoms with Gasteiger partial charge in [-0.1, -0.05) is 0 Å². The summed E-state index contributed by atoms with van der Waals surface area (Å²) in [6.45, 7) is 0.544. The molecule has 0 fully saturated rings. The molecule has 1 aliphatic rings. The zero-order valence-corrected chi connectivity index (χ0v) is 21.1. The first-order valence-corrected chi connectivity index (χ1v) is 10.1. The van der Waals surface area contributed by atoms with E-state index >= 15 is 0 Å². The Labute approximate surface area is 233 Å². The van der Waals surface area contributed by atoms with E-state index in [1.165, 1.54) is 17.0 Å². The predicted molar refractivity (Wildman–Crippen MR) is 125 cm³/mol. The Balaban J connectivity index is 0.00000324. The van der Waals surface area contributed by atoms with Crippen molar-refractivity contribution in [3.8, 4) is 0 Å². The summed E-state index contributed by atoms with van der Waals surface area (Å²) in [6, 6.07) is 4.08. The maximum atomic E-state index is 12.3. The van der Waals surface area contributed by atoms with Gasteiger partial charge in [0.15, 0.2) is 11.5 Å². The number of carboxylic acid groups (broad SMARTS) is 2. The quantitative estimate of drug-likeness (QED) is 0.144. The number of fused-ring (bicyclic) bond motifs is 1. The topological polar surface area (TPSA) is 257 Å². The monoisotopic (exact) mass is 529 g/mol. The number of hydrogen-bond acceptors (Lipinski definition) is 11. The van der Waals surface area contributed by atoms with Crippen LogP contribution in [0.5, 0.6) is 0 Å². The summed E-state index contributed by atoms with van der Waals surface area (Å²) in [4.78, 5) is 65.4. The summed E-state index contributed by atoms with van der Waals surface area (Å²) >= 11 is 0. The fourth-order valence-electron chi connectivity index (χ4n) is 3.38. The fraction of sp³-hybridized carbons (Fsp3) is 0.300. The van der Waals surface area contributed by atoms with Gasteiger partial charge in [0.1, 0.15) is 0 Å². The molecule has 188 valence electrons. The Bertz CT molecular complexity index is 1160. The Kier molecular flexibility index (Phi) is 11.6. The van der Waals surface area contributed by atoms with E-state index in [-0.39, 0.29) is 79.2 Å². The van der Waals surface area contributed by atoms with Crippen LogP contribution in [0.2, 0.25) is 0 Å². The summed E-state index contributed by atoms with van der Waals surface area (Å²) < 4.78 is 0. The molecule has 16 heteroatoms. The standard InChI is InChI=1S/C20H23N7O7.Ca.H2O/c21-20-25-16-15(18(32)26-20)27(9-28)12(8-23-16)7-22-11-3-1-10(2-4-11)17(31)24-13(19(33)34)5-6-14(29)30;;/h1-4,9,12-13,22H,5-8H2,(H,24,31)(H,29,30)(H,33,34)(H4,21,23,25,26,32);;1H2/q;+2;/p-2/t12-,13-;;/m0../s1. The molecule has 0 spiro atoms. The predicted octanol–water partition coefficient (Wildman–Crippen LogP) is -4.61. The first kappa shape index (κ1) is 30.6. The minimum absolute atomic E-state index is 0. The van der Waals surface area contributed by atoms with Crippen molar-refractivity contribution < 1.29 is 34.9 Å². The maximum absolute atomic E-state index is 12.3. The van der Waals surface area contributed by atoms with Gasteiger partial charge in [-0.2, -0.15) is 4.98 Å². The number of rotatable bonds is 10. The number of anilines is 4. The van der Waals surface area contributed by atoms with E-state index in [0.29, 0.717) is 18.6 Å². The molecule has 0 radical (unpaired) electrons. The van der Waals surface area contributed by atoms with E-state index in [0.717, 1.165) is 0 Å². The number of H-pyrrole nitrogens is 1. The smallest absolute Gasteiger partial charge is 0.550 e. The number of nitrogens with zero attached hydrogens (tertiary/aromatic N) is 2. The third kappa shape index (κ3) is 7.55. The minimum Gasteiger partial charge on any atom is -0.550 e.